The molecule has 3 N–H and O–H groups in total. The van der Waals surface area contributed by atoms with Crippen molar-refractivity contribution in [1.29, 1.82) is 0 Å². The highest BCUT2D eigenvalue weighted by Gasteiger charge is 2.27. The van der Waals surface area contributed by atoms with Crippen molar-refractivity contribution in [3.63, 3.8) is 0 Å². The summed E-state index contributed by atoms with van der Waals surface area (Å²) in [5.74, 6) is 0.725. The van der Waals surface area contributed by atoms with Gasteiger partial charge in [-0.05, 0) is 99.1 Å². The first-order valence-corrected chi connectivity index (χ1v) is 10.8. The van der Waals surface area contributed by atoms with Crippen LogP contribution in [-0.4, -0.2) is 34.6 Å². The maximum Gasteiger partial charge on any atom is 0.147 e. The Morgan fingerprint density at radius 1 is 0.923 bits per heavy atom. The fraction of sp³-hybridized carbons (Fsp3) is 0.333. The third-order valence-corrected chi connectivity index (χ3v) is 6.48. The molecule has 0 aliphatic carbocycles. The highest BCUT2D eigenvalue weighted by atomic mass is 79.9. The number of aliphatic hydroxyl groups excluding tert-OH is 2. The van der Waals surface area contributed by atoms with Gasteiger partial charge in [0.1, 0.15) is 24.2 Å². The number of rotatable bonds is 6. The molecule has 0 aliphatic rings. The van der Waals surface area contributed by atoms with E-state index in [1.165, 1.54) is 0 Å². The zero-order chi connectivity index (χ0) is 19.6. The summed E-state index contributed by atoms with van der Waals surface area (Å²) in [6.07, 6.45) is -0.934. The second-order valence-corrected chi connectivity index (χ2v) is 9.75. The molecule has 0 saturated carbocycles. The third kappa shape index (κ3) is 4.83. The van der Waals surface area contributed by atoms with Crippen molar-refractivity contribution in [2.24, 2.45) is 0 Å². The van der Waals surface area contributed by atoms with Crippen LogP contribution in [0, 0.1) is 0 Å². The van der Waals surface area contributed by atoms with E-state index in [0.29, 0.717) is 14.7 Å². The van der Waals surface area contributed by atoms with Gasteiger partial charge >= 0.3 is 0 Å². The molecule has 1 atom stereocenters. The zero-order valence-corrected chi connectivity index (χ0v) is 20.4. The quantitative estimate of drug-likeness (QED) is 0.401. The topological polar surface area (TPSA) is 69.9 Å². The molecule has 4 nitrogen and oxygen atoms in total. The van der Waals surface area contributed by atoms with E-state index in [9.17, 15) is 10.2 Å². The van der Waals surface area contributed by atoms with Crippen molar-refractivity contribution in [3.05, 3.63) is 53.3 Å². The number of aromatic hydroxyl groups is 1. The van der Waals surface area contributed by atoms with Gasteiger partial charge in [-0.2, -0.15) is 0 Å². The molecular weight excluding hydrogens is 600 g/mol. The number of ether oxygens (including phenoxy) is 1. The minimum Gasteiger partial charge on any atom is -0.506 e. The summed E-state index contributed by atoms with van der Waals surface area (Å²) in [4.78, 5) is 0. The summed E-state index contributed by atoms with van der Waals surface area (Å²) in [6, 6.07) is 7.70. The highest BCUT2D eigenvalue weighted by molar-refractivity contribution is 9.11. The van der Waals surface area contributed by atoms with Crippen molar-refractivity contribution >= 4 is 63.7 Å². The van der Waals surface area contributed by atoms with Crippen LogP contribution < -0.4 is 4.74 Å². The van der Waals surface area contributed by atoms with Crippen LogP contribution in [0.15, 0.2) is 42.2 Å². The number of aliphatic hydroxyl groups is 2. The number of halogens is 4. The Morgan fingerprint density at radius 3 is 1.77 bits per heavy atom. The van der Waals surface area contributed by atoms with Gasteiger partial charge in [-0.25, -0.2) is 0 Å². The van der Waals surface area contributed by atoms with E-state index in [-0.39, 0.29) is 24.4 Å². The van der Waals surface area contributed by atoms with Crippen LogP contribution in [0.2, 0.25) is 0 Å². The first-order chi connectivity index (χ1) is 12.1. The second-order valence-electron chi connectivity index (χ2n) is 6.33. The number of benzene rings is 2. The zero-order valence-electron chi connectivity index (χ0n) is 14.1. The Balaban J connectivity index is 2.41. The van der Waals surface area contributed by atoms with Crippen molar-refractivity contribution in [2.75, 3.05) is 13.2 Å². The van der Waals surface area contributed by atoms with Crippen LogP contribution in [0.3, 0.4) is 0 Å². The monoisotopic (exact) mass is 614 g/mol. The Morgan fingerprint density at radius 2 is 1.35 bits per heavy atom. The molecule has 0 amide bonds. The lowest BCUT2D eigenvalue weighted by Crippen LogP contribution is -2.22. The van der Waals surface area contributed by atoms with Crippen molar-refractivity contribution < 1.29 is 20.1 Å². The van der Waals surface area contributed by atoms with Gasteiger partial charge in [-0.3, -0.25) is 0 Å². The molecule has 1 unspecified atom stereocenters. The number of phenols is 1. The molecule has 2 aromatic rings. The van der Waals surface area contributed by atoms with Crippen LogP contribution in [0.25, 0.3) is 0 Å². The van der Waals surface area contributed by atoms with Crippen LogP contribution in [0.5, 0.6) is 11.5 Å². The molecule has 142 valence electrons. The molecule has 0 fully saturated rings. The Bertz CT molecular complexity index is 762. The lowest BCUT2D eigenvalue weighted by Gasteiger charge is -2.28. The predicted octanol–water partition coefficient (Wildman–Crippen LogP) is 5.50. The minimum absolute atomic E-state index is 0.00566. The van der Waals surface area contributed by atoms with E-state index in [1.807, 2.05) is 24.3 Å². The molecule has 2 aromatic carbocycles. The summed E-state index contributed by atoms with van der Waals surface area (Å²) < 4.78 is 8.30. The molecule has 8 heteroatoms. The lowest BCUT2D eigenvalue weighted by atomic mass is 9.78. The van der Waals surface area contributed by atoms with Crippen molar-refractivity contribution in [3.8, 4) is 11.5 Å². The average Bonchev–Trinajstić information content (AvgIpc) is 2.57. The van der Waals surface area contributed by atoms with Gasteiger partial charge in [0.05, 0.1) is 24.5 Å². The summed E-state index contributed by atoms with van der Waals surface area (Å²) in [7, 11) is 0. The van der Waals surface area contributed by atoms with Crippen LogP contribution in [0.1, 0.15) is 25.0 Å². The smallest absolute Gasteiger partial charge is 0.147 e. The van der Waals surface area contributed by atoms with Gasteiger partial charge in [-0.15, -0.1) is 0 Å². The van der Waals surface area contributed by atoms with Gasteiger partial charge < -0.3 is 20.1 Å². The van der Waals surface area contributed by atoms with E-state index >= 15 is 0 Å². The SMILES string of the molecule is CC(C)(c1cc(Br)c(O)c(Br)c1)c1cc(Br)c(OCC(O)CO)c(Br)c1. The average molecular weight is 618 g/mol. The maximum absolute atomic E-state index is 9.95. The first kappa shape index (κ1) is 22.2. The second kappa shape index (κ2) is 8.92. The summed E-state index contributed by atoms with van der Waals surface area (Å²) in [6.45, 7) is 3.81. The van der Waals surface area contributed by atoms with E-state index < -0.39 is 6.10 Å². The fourth-order valence-corrected chi connectivity index (χ4v) is 4.99. The fourth-order valence-electron chi connectivity index (χ4n) is 2.38. The highest BCUT2D eigenvalue weighted by Crippen LogP contribution is 2.43. The van der Waals surface area contributed by atoms with Gasteiger partial charge in [-0.1, -0.05) is 13.8 Å². The van der Waals surface area contributed by atoms with E-state index in [2.05, 4.69) is 77.6 Å². The first-order valence-electron chi connectivity index (χ1n) is 7.67. The van der Waals surface area contributed by atoms with E-state index in [0.717, 1.165) is 20.1 Å². The molecule has 0 spiro atoms. The lowest BCUT2D eigenvalue weighted by molar-refractivity contribution is 0.0531. The van der Waals surface area contributed by atoms with Gasteiger partial charge in [0, 0.05) is 5.41 Å². The van der Waals surface area contributed by atoms with Crippen molar-refractivity contribution in [2.45, 2.75) is 25.4 Å². The van der Waals surface area contributed by atoms with Crippen molar-refractivity contribution in [1.82, 2.24) is 0 Å². The van der Waals surface area contributed by atoms with Crippen LogP contribution >= 0.6 is 63.7 Å². The molecular formula is C18H18Br4O4. The van der Waals surface area contributed by atoms with E-state index in [1.54, 1.807) is 0 Å². The molecule has 0 aromatic heterocycles. The Kier molecular flexibility index (Phi) is 7.61. The number of hydrogen-bond donors (Lipinski definition) is 3. The number of hydrogen-bond acceptors (Lipinski definition) is 4. The van der Waals surface area contributed by atoms with Crippen LogP contribution in [0.4, 0.5) is 0 Å². The molecule has 0 heterocycles. The summed E-state index contributed by atoms with van der Waals surface area (Å²) in [5.41, 5.74) is 1.68. The minimum atomic E-state index is -0.934. The molecule has 0 radical (unpaired) electrons. The Hall–Kier alpha value is -0.120. The largest absolute Gasteiger partial charge is 0.506 e. The van der Waals surface area contributed by atoms with Gasteiger partial charge in [0.25, 0.3) is 0 Å². The molecule has 0 aliphatic heterocycles. The van der Waals surface area contributed by atoms with Gasteiger partial charge in [0.2, 0.25) is 0 Å². The third-order valence-electron chi connectivity index (χ3n) is 4.09. The Labute approximate surface area is 186 Å². The predicted molar refractivity (Wildman–Crippen MR) is 116 cm³/mol. The maximum atomic E-state index is 9.95. The molecule has 2 rings (SSSR count). The molecule has 0 bridgehead atoms. The van der Waals surface area contributed by atoms with Gasteiger partial charge in [0.15, 0.2) is 0 Å². The normalized spacial score (nSPS) is 12.9. The standard InChI is InChI=1S/C18H18Br4O4/c1-18(2,9-3-12(19)16(25)13(20)4-9)10-5-14(21)17(15(22)6-10)26-8-11(24)7-23/h3-6,11,23-25H,7-8H2,1-2H3. The summed E-state index contributed by atoms with van der Waals surface area (Å²) >= 11 is 13.8. The van der Waals surface area contributed by atoms with E-state index in [4.69, 9.17) is 9.84 Å². The number of phenolic OH excluding ortho intramolecular Hbond substituents is 1. The summed E-state index contributed by atoms with van der Waals surface area (Å²) in [5, 5.41) is 28.3. The molecule has 0 saturated heterocycles. The van der Waals surface area contributed by atoms with Crippen LogP contribution in [-0.2, 0) is 5.41 Å². The molecule has 26 heavy (non-hydrogen) atoms.